The molecule has 0 fully saturated rings. The van der Waals surface area contributed by atoms with Crippen LogP contribution < -0.4 is 9.47 Å². The van der Waals surface area contributed by atoms with Crippen molar-refractivity contribution in [3.05, 3.63) is 41.2 Å². The topological polar surface area (TPSA) is 56.5 Å². The van der Waals surface area contributed by atoms with Crippen LogP contribution in [0.3, 0.4) is 0 Å². The fourth-order valence-electron chi connectivity index (χ4n) is 2.30. The van der Waals surface area contributed by atoms with E-state index in [-0.39, 0.29) is 0 Å². The molecule has 5 heteroatoms. The Hall–Kier alpha value is -2.01. The number of hydrogen-bond donors (Lipinski definition) is 1. The molecule has 1 aliphatic rings. The van der Waals surface area contributed by atoms with Gasteiger partial charge in [0.25, 0.3) is 0 Å². The second-order valence-electron chi connectivity index (χ2n) is 4.92. The number of nitrogens with zero attached hydrogens (tertiary/aromatic N) is 2. The predicted molar refractivity (Wildman–Crippen MR) is 73.8 cm³/mol. The summed E-state index contributed by atoms with van der Waals surface area (Å²) in [5.74, 6) is 1.44. The third-order valence-electron chi connectivity index (χ3n) is 3.52. The Morgan fingerprint density at radius 1 is 1.45 bits per heavy atom. The number of fused-ring (bicyclic) bond motifs is 1. The zero-order chi connectivity index (χ0) is 14.1. The number of aryl methyl sites for hydroxylation is 2. The minimum absolute atomic E-state index is 0.320. The molecule has 1 N–H and O–H groups in total. The quantitative estimate of drug-likeness (QED) is 0.926. The molecule has 20 heavy (non-hydrogen) atoms. The van der Waals surface area contributed by atoms with Crippen LogP contribution in [-0.4, -0.2) is 21.5 Å². The molecule has 1 unspecified atom stereocenters. The molecule has 1 aromatic heterocycles. The highest BCUT2D eigenvalue weighted by Gasteiger charge is 2.22. The van der Waals surface area contributed by atoms with Gasteiger partial charge in [0.05, 0.1) is 11.4 Å². The highest BCUT2D eigenvalue weighted by Crippen LogP contribution is 2.35. The Kier molecular flexibility index (Phi) is 3.36. The summed E-state index contributed by atoms with van der Waals surface area (Å²) >= 11 is 0. The minimum Gasteiger partial charge on any atom is -0.490 e. The van der Waals surface area contributed by atoms with E-state index in [0.29, 0.717) is 19.0 Å². The second-order valence-corrected chi connectivity index (χ2v) is 4.92. The number of hydrogen-bond acceptors (Lipinski definition) is 4. The van der Waals surface area contributed by atoms with Crippen molar-refractivity contribution in [3.63, 3.8) is 0 Å². The molecule has 5 nitrogen and oxygen atoms in total. The van der Waals surface area contributed by atoms with Crippen LogP contribution in [-0.2, 0) is 20.1 Å². The van der Waals surface area contributed by atoms with Gasteiger partial charge in [-0.3, -0.25) is 4.68 Å². The Bertz CT molecular complexity index is 622. The monoisotopic (exact) mass is 274 g/mol. The van der Waals surface area contributed by atoms with Gasteiger partial charge in [0.15, 0.2) is 0 Å². The van der Waals surface area contributed by atoms with Gasteiger partial charge in [-0.05, 0) is 24.6 Å². The fraction of sp³-hybridized carbons (Fsp3) is 0.400. The Labute approximate surface area is 117 Å². The van der Waals surface area contributed by atoms with E-state index in [0.717, 1.165) is 29.1 Å². The molecule has 1 aromatic carbocycles. The zero-order valence-corrected chi connectivity index (χ0v) is 11.7. The van der Waals surface area contributed by atoms with Gasteiger partial charge in [-0.25, -0.2) is 0 Å². The van der Waals surface area contributed by atoms with Gasteiger partial charge in [0, 0.05) is 18.7 Å². The first kappa shape index (κ1) is 13.0. The Morgan fingerprint density at radius 2 is 2.30 bits per heavy atom. The summed E-state index contributed by atoms with van der Waals surface area (Å²) in [6.45, 7) is 2.86. The highest BCUT2D eigenvalue weighted by molar-refractivity contribution is 5.44. The van der Waals surface area contributed by atoms with E-state index < -0.39 is 6.10 Å². The van der Waals surface area contributed by atoms with E-state index in [9.17, 15) is 5.11 Å². The molecule has 106 valence electrons. The molecular weight excluding hydrogens is 256 g/mol. The van der Waals surface area contributed by atoms with Crippen molar-refractivity contribution in [2.75, 3.05) is 6.61 Å². The summed E-state index contributed by atoms with van der Waals surface area (Å²) in [6.07, 6.45) is 0.390. The Balaban J connectivity index is 1.71. The first-order chi connectivity index (χ1) is 9.67. The van der Waals surface area contributed by atoms with Crippen LogP contribution in [0.15, 0.2) is 24.3 Å². The SMILES string of the molecule is CCc1cc(COc2ccc3c(c2)OCC3O)n(C)n1. The third kappa shape index (κ3) is 2.36. The molecule has 0 aliphatic carbocycles. The predicted octanol–water partition coefficient (Wildman–Crippen LogP) is 1.99. The lowest BCUT2D eigenvalue weighted by Gasteiger charge is -2.08. The normalized spacial score (nSPS) is 16.9. The van der Waals surface area contributed by atoms with Crippen molar-refractivity contribution in [1.82, 2.24) is 9.78 Å². The van der Waals surface area contributed by atoms with Crippen LogP contribution in [0.25, 0.3) is 0 Å². The summed E-state index contributed by atoms with van der Waals surface area (Å²) < 4.78 is 13.0. The molecule has 1 atom stereocenters. The maximum atomic E-state index is 9.67. The maximum absolute atomic E-state index is 9.67. The summed E-state index contributed by atoms with van der Waals surface area (Å²) in [6, 6.07) is 7.58. The number of rotatable bonds is 4. The first-order valence-electron chi connectivity index (χ1n) is 6.76. The fourth-order valence-corrected chi connectivity index (χ4v) is 2.30. The van der Waals surface area contributed by atoms with Crippen molar-refractivity contribution >= 4 is 0 Å². The smallest absolute Gasteiger partial charge is 0.130 e. The van der Waals surface area contributed by atoms with Crippen LogP contribution in [0.2, 0.25) is 0 Å². The van der Waals surface area contributed by atoms with Gasteiger partial charge in [-0.2, -0.15) is 5.10 Å². The lowest BCUT2D eigenvalue weighted by atomic mass is 10.1. The summed E-state index contributed by atoms with van der Waals surface area (Å²) in [4.78, 5) is 0. The van der Waals surface area contributed by atoms with Gasteiger partial charge in [-0.15, -0.1) is 0 Å². The second kappa shape index (κ2) is 5.17. The zero-order valence-electron chi connectivity index (χ0n) is 11.7. The van der Waals surface area contributed by atoms with E-state index in [1.54, 1.807) is 0 Å². The van der Waals surface area contributed by atoms with Crippen molar-refractivity contribution < 1.29 is 14.6 Å². The van der Waals surface area contributed by atoms with Crippen LogP contribution in [0.1, 0.15) is 30.0 Å². The highest BCUT2D eigenvalue weighted by atomic mass is 16.5. The van der Waals surface area contributed by atoms with Gasteiger partial charge in [0.1, 0.15) is 30.8 Å². The van der Waals surface area contributed by atoms with Crippen molar-refractivity contribution in [1.29, 1.82) is 0 Å². The standard InChI is InChI=1S/C15H18N2O3/c1-3-10-6-11(17(2)16-10)8-19-12-4-5-13-14(18)9-20-15(13)7-12/h4-7,14,18H,3,8-9H2,1-2H3. The van der Waals surface area contributed by atoms with Crippen LogP contribution in [0.4, 0.5) is 0 Å². The van der Waals surface area contributed by atoms with Gasteiger partial charge in [-0.1, -0.05) is 6.92 Å². The first-order valence-corrected chi connectivity index (χ1v) is 6.76. The number of aliphatic hydroxyl groups is 1. The van der Waals surface area contributed by atoms with Crippen LogP contribution in [0, 0.1) is 0 Å². The number of aromatic nitrogens is 2. The van der Waals surface area contributed by atoms with Crippen molar-refractivity contribution in [2.45, 2.75) is 26.1 Å². The lowest BCUT2D eigenvalue weighted by molar-refractivity contribution is 0.140. The molecule has 0 amide bonds. The van der Waals surface area contributed by atoms with E-state index in [1.807, 2.05) is 36.0 Å². The van der Waals surface area contributed by atoms with Crippen molar-refractivity contribution in [2.24, 2.45) is 7.05 Å². The average Bonchev–Trinajstić information content (AvgIpc) is 3.00. The molecule has 3 rings (SSSR count). The van der Waals surface area contributed by atoms with E-state index in [4.69, 9.17) is 9.47 Å². The third-order valence-corrected chi connectivity index (χ3v) is 3.52. The summed E-state index contributed by atoms with van der Waals surface area (Å²) in [5, 5.41) is 14.1. The van der Waals surface area contributed by atoms with Crippen LogP contribution in [0.5, 0.6) is 11.5 Å². The van der Waals surface area contributed by atoms with Crippen LogP contribution >= 0.6 is 0 Å². The molecule has 0 bridgehead atoms. The molecule has 0 saturated carbocycles. The van der Waals surface area contributed by atoms with E-state index >= 15 is 0 Å². The minimum atomic E-state index is -0.525. The largest absolute Gasteiger partial charge is 0.490 e. The maximum Gasteiger partial charge on any atom is 0.130 e. The molecule has 2 aromatic rings. The molecule has 0 spiro atoms. The van der Waals surface area contributed by atoms with E-state index in [1.165, 1.54) is 0 Å². The Morgan fingerprint density at radius 3 is 3.05 bits per heavy atom. The van der Waals surface area contributed by atoms with Crippen molar-refractivity contribution in [3.8, 4) is 11.5 Å². The lowest BCUT2D eigenvalue weighted by Crippen LogP contribution is -2.03. The molecule has 2 heterocycles. The van der Waals surface area contributed by atoms with Gasteiger partial charge < -0.3 is 14.6 Å². The van der Waals surface area contributed by atoms with Gasteiger partial charge in [0.2, 0.25) is 0 Å². The number of ether oxygens (including phenoxy) is 2. The number of aliphatic hydroxyl groups excluding tert-OH is 1. The summed E-state index contributed by atoms with van der Waals surface area (Å²) in [5.41, 5.74) is 2.92. The summed E-state index contributed by atoms with van der Waals surface area (Å²) in [7, 11) is 1.92. The molecular formula is C15H18N2O3. The van der Waals surface area contributed by atoms with Gasteiger partial charge >= 0.3 is 0 Å². The average molecular weight is 274 g/mol. The van der Waals surface area contributed by atoms with E-state index in [2.05, 4.69) is 12.0 Å². The molecule has 1 aliphatic heterocycles. The molecule has 0 radical (unpaired) electrons. The molecule has 0 saturated heterocycles. The number of benzene rings is 1.